The fraction of sp³-hybridized carbons (Fsp3) is 0.800. The predicted octanol–water partition coefficient (Wildman–Crippen LogP) is -0.927. The van der Waals surface area contributed by atoms with Crippen molar-refractivity contribution in [3.63, 3.8) is 0 Å². The minimum absolute atomic E-state index is 0. The van der Waals surface area contributed by atoms with Gasteiger partial charge in [0.15, 0.2) is 0 Å². The zero-order valence-corrected chi connectivity index (χ0v) is 6.10. The summed E-state index contributed by atoms with van der Waals surface area (Å²) in [5, 5.41) is 20.1. The summed E-state index contributed by atoms with van der Waals surface area (Å²) < 4.78 is 0. The molecule has 0 aromatic rings. The number of rotatable bonds is 1. The van der Waals surface area contributed by atoms with Crippen molar-refractivity contribution in [1.29, 1.82) is 0 Å². The smallest absolute Gasteiger partial charge is 0.310 e. The maximum atomic E-state index is 10.2. The Labute approximate surface area is 64.6 Å². The number of halogens is 1. The van der Waals surface area contributed by atoms with Crippen molar-refractivity contribution in [2.45, 2.75) is 6.10 Å². The molecule has 60 valence electrons. The Morgan fingerprint density at radius 1 is 1.50 bits per heavy atom. The van der Waals surface area contributed by atoms with Gasteiger partial charge >= 0.3 is 5.97 Å². The van der Waals surface area contributed by atoms with Gasteiger partial charge < -0.3 is 15.5 Å². The Morgan fingerprint density at radius 2 is 2.10 bits per heavy atom. The Bertz CT molecular complexity index is 130. The molecule has 5 heteroatoms. The molecule has 0 aliphatic carbocycles. The molecule has 0 spiro atoms. The van der Waals surface area contributed by atoms with E-state index in [4.69, 9.17) is 10.2 Å². The first-order valence-electron chi connectivity index (χ1n) is 2.83. The summed E-state index contributed by atoms with van der Waals surface area (Å²) in [5.41, 5.74) is 0. The summed E-state index contributed by atoms with van der Waals surface area (Å²) in [7, 11) is 0. The predicted molar refractivity (Wildman–Crippen MR) is 37.3 cm³/mol. The van der Waals surface area contributed by atoms with E-state index in [1.807, 2.05) is 0 Å². The van der Waals surface area contributed by atoms with Crippen LogP contribution in [0.3, 0.4) is 0 Å². The lowest BCUT2D eigenvalue weighted by molar-refractivity contribution is -0.143. The topological polar surface area (TPSA) is 69.6 Å². The molecule has 1 rings (SSSR count). The summed E-state index contributed by atoms with van der Waals surface area (Å²) in [6, 6.07) is 0. The van der Waals surface area contributed by atoms with Crippen molar-refractivity contribution in [1.82, 2.24) is 5.32 Å². The lowest BCUT2D eigenvalue weighted by atomic mass is 10.1. The van der Waals surface area contributed by atoms with E-state index in [9.17, 15) is 4.79 Å². The zero-order valence-electron chi connectivity index (χ0n) is 5.28. The molecule has 1 aliphatic rings. The number of nitrogens with one attached hydrogen (secondary N) is 1. The molecule has 1 fully saturated rings. The zero-order chi connectivity index (χ0) is 6.85. The third-order valence-corrected chi connectivity index (χ3v) is 1.50. The van der Waals surface area contributed by atoms with Gasteiger partial charge in [0, 0.05) is 13.1 Å². The van der Waals surface area contributed by atoms with Crippen molar-refractivity contribution >= 4 is 18.4 Å². The molecule has 2 atom stereocenters. The summed E-state index contributed by atoms with van der Waals surface area (Å²) in [5.74, 6) is -1.53. The quantitative estimate of drug-likeness (QED) is 0.472. The molecule has 10 heavy (non-hydrogen) atoms. The fourth-order valence-electron chi connectivity index (χ4n) is 0.917. The highest BCUT2D eigenvalue weighted by molar-refractivity contribution is 5.85. The Hall–Kier alpha value is -0.320. The molecule has 0 aromatic carbocycles. The van der Waals surface area contributed by atoms with E-state index < -0.39 is 18.0 Å². The van der Waals surface area contributed by atoms with E-state index in [0.29, 0.717) is 13.1 Å². The number of hydrogen-bond acceptors (Lipinski definition) is 3. The van der Waals surface area contributed by atoms with Crippen LogP contribution in [-0.4, -0.2) is 35.4 Å². The van der Waals surface area contributed by atoms with Crippen LogP contribution in [0.2, 0.25) is 0 Å². The van der Waals surface area contributed by atoms with E-state index in [1.54, 1.807) is 0 Å². The van der Waals surface area contributed by atoms with Gasteiger partial charge in [-0.2, -0.15) is 0 Å². The van der Waals surface area contributed by atoms with Crippen molar-refractivity contribution in [2.24, 2.45) is 5.92 Å². The molecule has 1 saturated heterocycles. The van der Waals surface area contributed by atoms with E-state index in [-0.39, 0.29) is 12.4 Å². The monoisotopic (exact) mass is 167 g/mol. The van der Waals surface area contributed by atoms with E-state index in [0.717, 1.165) is 0 Å². The van der Waals surface area contributed by atoms with Crippen LogP contribution >= 0.6 is 12.4 Å². The molecule has 0 aromatic heterocycles. The van der Waals surface area contributed by atoms with Crippen molar-refractivity contribution in [3.05, 3.63) is 0 Å². The van der Waals surface area contributed by atoms with E-state index in [2.05, 4.69) is 5.32 Å². The van der Waals surface area contributed by atoms with Crippen LogP contribution in [0.5, 0.6) is 0 Å². The molecule has 4 nitrogen and oxygen atoms in total. The number of carboxylic acid groups (broad SMARTS) is 1. The lowest BCUT2D eigenvalue weighted by Gasteiger charge is -2.05. The van der Waals surface area contributed by atoms with Crippen molar-refractivity contribution in [3.8, 4) is 0 Å². The molecule has 1 aliphatic heterocycles. The Morgan fingerprint density at radius 3 is 2.30 bits per heavy atom. The van der Waals surface area contributed by atoms with Gasteiger partial charge in [-0.05, 0) is 0 Å². The van der Waals surface area contributed by atoms with Crippen LogP contribution in [0.15, 0.2) is 0 Å². The van der Waals surface area contributed by atoms with Crippen LogP contribution in [0, 0.1) is 5.92 Å². The van der Waals surface area contributed by atoms with Crippen LogP contribution in [-0.2, 0) is 4.79 Å². The summed E-state index contributed by atoms with van der Waals surface area (Å²) in [6.45, 7) is 0.785. The fourth-order valence-corrected chi connectivity index (χ4v) is 0.917. The first-order valence-corrected chi connectivity index (χ1v) is 2.83. The van der Waals surface area contributed by atoms with Gasteiger partial charge in [-0.15, -0.1) is 12.4 Å². The molecular formula is C5H10ClNO3. The number of hydrogen-bond donors (Lipinski definition) is 3. The third kappa shape index (κ3) is 1.83. The lowest BCUT2D eigenvalue weighted by Crippen LogP contribution is -2.25. The summed E-state index contributed by atoms with van der Waals surface area (Å²) >= 11 is 0. The number of β-amino-alcohol motifs (C(OH)–C–C–N with tert-alkyl or cyclic N) is 1. The summed E-state index contributed by atoms with van der Waals surface area (Å²) in [6.07, 6.45) is -0.706. The van der Waals surface area contributed by atoms with Gasteiger partial charge in [0.2, 0.25) is 0 Å². The number of aliphatic carboxylic acids is 1. The first kappa shape index (κ1) is 9.68. The van der Waals surface area contributed by atoms with Crippen LogP contribution in [0.4, 0.5) is 0 Å². The number of aliphatic hydroxyl groups is 1. The van der Waals surface area contributed by atoms with Crippen LogP contribution < -0.4 is 5.32 Å². The minimum atomic E-state index is -0.924. The molecule has 0 amide bonds. The van der Waals surface area contributed by atoms with E-state index >= 15 is 0 Å². The number of aliphatic hydroxyl groups excluding tert-OH is 1. The molecule has 1 heterocycles. The molecular weight excluding hydrogens is 158 g/mol. The maximum absolute atomic E-state index is 10.2. The van der Waals surface area contributed by atoms with Gasteiger partial charge in [-0.25, -0.2) is 0 Å². The van der Waals surface area contributed by atoms with Gasteiger partial charge in [0.25, 0.3) is 0 Å². The van der Waals surface area contributed by atoms with Gasteiger partial charge in [0.1, 0.15) is 0 Å². The number of carboxylic acids is 1. The molecule has 0 radical (unpaired) electrons. The molecule has 0 saturated carbocycles. The van der Waals surface area contributed by atoms with E-state index in [1.165, 1.54) is 0 Å². The highest BCUT2D eigenvalue weighted by Crippen LogP contribution is 2.07. The molecule has 0 bridgehead atoms. The minimum Gasteiger partial charge on any atom is -0.481 e. The average Bonchev–Trinajstić information content (AvgIpc) is 2.13. The van der Waals surface area contributed by atoms with Gasteiger partial charge in [0.05, 0.1) is 12.0 Å². The normalized spacial score (nSPS) is 31.3. The summed E-state index contributed by atoms with van der Waals surface area (Å²) in [4.78, 5) is 10.2. The average molecular weight is 168 g/mol. The van der Waals surface area contributed by atoms with Gasteiger partial charge in [-0.1, -0.05) is 0 Å². The molecule has 0 unspecified atom stereocenters. The third-order valence-electron chi connectivity index (χ3n) is 1.50. The highest BCUT2D eigenvalue weighted by Gasteiger charge is 2.30. The Balaban J connectivity index is 0.000000810. The first-order chi connectivity index (χ1) is 4.22. The molecule has 3 N–H and O–H groups in total. The highest BCUT2D eigenvalue weighted by atomic mass is 35.5. The second-order valence-electron chi connectivity index (χ2n) is 2.17. The standard InChI is InChI=1S/C5H9NO3.ClH/c7-4-2-6-1-3(4)5(8)9;/h3-4,6-7H,1-2H2,(H,8,9);1H/t3-,4-;/m0./s1. The second kappa shape index (κ2) is 3.75. The maximum Gasteiger partial charge on any atom is 0.310 e. The van der Waals surface area contributed by atoms with Crippen molar-refractivity contribution < 1.29 is 15.0 Å². The SMILES string of the molecule is Cl.O=C(O)[C@H]1CNC[C@@H]1O. The number of carbonyl (C=O) groups is 1. The second-order valence-corrected chi connectivity index (χ2v) is 2.17. The van der Waals surface area contributed by atoms with Gasteiger partial charge in [-0.3, -0.25) is 4.79 Å². The Kier molecular flexibility index (Phi) is 3.63. The van der Waals surface area contributed by atoms with Crippen LogP contribution in [0.1, 0.15) is 0 Å². The van der Waals surface area contributed by atoms with Crippen molar-refractivity contribution in [2.75, 3.05) is 13.1 Å². The van der Waals surface area contributed by atoms with Crippen LogP contribution in [0.25, 0.3) is 0 Å². The largest absolute Gasteiger partial charge is 0.481 e.